The standard InChI is InChI=1S/C12H18N2O3S/c1-9-8-10-11(4-2-5-12(10)15)14(9)6-3-7-18(13,16)17/h8H,2-7H2,1H3,(H2,13,16,17). The number of carbonyl (C=O) groups is 1. The largest absolute Gasteiger partial charge is 0.348 e. The van der Waals surface area contributed by atoms with Crippen molar-refractivity contribution in [1.29, 1.82) is 0 Å². The van der Waals surface area contributed by atoms with Crippen LogP contribution >= 0.6 is 0 Å². The van der Waals surface area contributed by atoms with Crippen molar-refractivity contribution >= 4 is 15.8 Å². The number of primary sulfonamides is 1. The Morgan fingerprint density at radius 1 is 1.39 bits per heavy atom. The molecule has 0 unspecified atom stereocenters. The van der Waals surface area contributed by atoms with E-state index in [-0.39, 0.29) is 11.5 Å². The Morgan fingerprint density at radius 2 is 2.11 bits per heavy atom. The number of Topliss-reactive ketones (excluding diaryl/α,β-unsaturated/α-hetero) is 1. The first kappa shape index (κ1) is 13.3. The molecule has 0 spiro atoms. The number of sulfonamides is 1. The number of aryl methyl sites for hydroxylation is 1. The van der Waals surface area contributed by atoms with E-state index in [0.29, 0.717) is 19.4 Å². The zero-order chi connectivity index (χ0) is 13.3. The second-order valence-corrected chi connectivity index (χ2v) is 6.53. The first-order chi connectivity index (χ1) is 8.38. The second kappa shape index (κ2) is 4.85. The van der Waals surface area contributed by atoms with Gasteiger partial charge in [0.25, 0.3) is 0 Å². The molecule has 0 fully saturated rings. The molecule has 18 heavy (non-hydrogen) atoms. The van der Waals surface area contributed by atoms with Gasteiger partial charge in [-0.25, -0.2) is 13.6 Å². The molecule has 0 amide bonds. The van der Waals surface area contributed by atoms with Crippen molar-refractivity contribution < 1.29 is 13.2 Å². The highest BCUT2D eigenvalue weighted by Crippen LogP contribution is 2.25. The number of hydrogen-bond donors (Lipinski definition) is 1. The predicted molar refractivity (Wildman–Crippen MR) is 69.0 cm³/mol. The lowest BCUT2D eigenvalue weighted by Crippen LogP contribution is -2.19. The van der Waals surface area contributed by atoms with E-state index in [1.165, 1.54) is 0 Å². The molecular weight excluding hydrogens is 252 g/mol. The fourth-order valence-corrected chi connectivity index (χ4v) is 3.06. The van der Waals surface area contributed by atoms with Crippen molar-refractivity contribution in [2.45, 2.75) is 39.2 Å². The molecule has 1 aliphatic rings. The van der Waals surface area contributed by atoms with Gasteiger partial charge in [-0.05, 0) is 32.3 Å². The number of fused-ring (bicyclic) bond motifs is 1. The number of rotatable bonds is 4. The number of aromatic nitrogens is 1. The second-order valence-electron chi connectivity index (χ2n) is 4.79. The number of nitrogens with zero attached hydrogens (tertiary/aromatic N) is 1. The van der Waals surface area contributed by atoms with E-state index in [1.54, 1.807) is 0 Å². The molecule has 1 aliphatic carbocycles. The lowest BCUT2D eigenvalue weighted by atomic mass is 9.97. The van der Waals surface area contributed by atoms with Crippen molar-refractivity contribution in [3.63, 3.8) is 0 Å². The molecule has 100 valence electrons. The lowest BCUT2D eigenvalue weighted by molar-refractivity contribution is 0.0971. The number of ketones is 1. The zero-order valence-corrected chi connectivity index (χ0v) is 11.3. The minimum absolute atomic E-state index is 0.0205. The van der Waals surface area contributed by atoms with E-state index >= 15 is 0 Å². The summed E-state index contributed by atoms with van der Waals surface area (Å²) in [5, 5.41) is 4.98. The first-order valence-electron chi connectivity index (χ1n) is 6.11. The van der Waals surface area contributed by atoms with E-state index in [9.17, 15) is 13.2 Å². The van der Waals surface area contributed by atoms with Crippen molar-refractivity contribution in [1.82, 2.24) is 4.57 Å². The maximum absolute atomic E-state index is 11.8. The van der Waals surface area contributed by atoms with Gasteiger partial charge in [-0.15, -0.1) is 0 Å². The quantitative estimate of drug-likeness (QED) is 0.885. The van der Waals surface area contributed by atoms with Crippen molar-refractivity contribution in [3.05, 3.63) is 23.0 Å². The molecule has 0 radical (unpaired) electrons. The van der Waals surface area contributed by atoms with Crippen LogP contribution in [0.4, 0.5) is 0 Å². The van der Waals surface area contributed by atoms with Gasteiger partial charge in [-0.1, -0.05) is 0 Å². The predicted octanol–water partition coefficient (Wildman–Crippen LogP) is 0.994. The summed E-state index contributed by atoms with van der Waals surface area (Å²) in [5.41, 5.74) is 2.89. The summed E-state index contributed by atoms with van der Waals surface area (Å²) in [5.74, 6) is 0.178. The molecule has 0 aliphatic heterocycles. The van der Waals surface area contributed by atoms with Gasteiger partial charge in [-0.3, -0.25) is 4.79 Å². The van der Waals surface area contributed by atoms with Gasteiger partial charge in [0.1, 0.15) is 0 Å². The van der Waals surface area contributed by atoms with Gasteiger partial charge in [-0.2, -0.15) is 0 Å². The maximum Gasteiger partial charge on any atom is 0.209 e. The minimum atomic E-state index is -3.40. The zero-order valence-electron chi connectivity index (χ0n) is 10.5. The third-order valence-electron chi connectivity index (χ3n) is 3.34. The van der Waals surface area contributed by atoms with Crippen molar-refractivity contribution in [2.75, 3.05) is 5.75 Å². The average molecular weight is 270 g/mol. The number of hydrogen-bond acceptors (Lipinski definition) is 3. The Hall–Kier alpha value is -1.14. The van der Waals surface area contributed by atoms with Crippen LogP contribution in [0.5, 0.6) is 0 Å². The molecule has 6 heteroatoms. The molecular formula is C12H18N2O3S. The Balaban J connectivity index is 2.16. The summed E-state index contributed by atoms with van der Waals surface area (Å²) in [6.07, 6.45) is 2.87. The van der Waals surface area contributed by atoms with Crippen LogP contribution in [0.2, 0.25) is 0 Å². The molecule has 0 saturated heterocycles. The number of carbonyl (C=O) groups excluding carboxylic acids is 1. The van der Waals surface area contributed by atoms with Crippen LogP contribution < -0.4 is 5.14 Å². The van der Waals surface area contributed by atoms with Gasteiger partial charge in [0.05, 0.1) is 5.75 Å². The van der Waals surface area contributed by atoms with Gasteiger partial charge < -0.3 is 4.57 Å². The first-order valence-corrected chi connectivity index (χ1v) is 7.83. The van der Waals surface area contributed by atoms with E-state index in [2.05, 4.69) is 4.57 Å². The summed E-state index contributed by atoms with van der Waals surface area (Å²) < 4.78 is 23.9. The molecule has 2 rings (SSSR count). The van der Waals surface area contributed by atoms with E-state index < -0.39 is 10.0 Å². The van der Waals surface area contributed by atoms with Gasteiger partial charge in [0, 0.05) is 29.9 Å². The van der Waals surface area contributed by atoms with Gasteiger partial charge >= 0.3 is 0 Å². The molecule has 0 saturated carbocycles. The fraction of sp³-hybridized carbons (Fsp3) is 0.583. The molecule has 1 heterocycles. The summed E-state index contributed by atoms with van der Waals surface area (Å²) in [6.45, 7) is 2.55. The smallest absolute Gasteiger partial charge is 0.209 e. The Labute approximate surface area is 107 Å². The van der Waals surface area contributed by atoms with Crippen LogP contribution in [0, 0.1) is 6.92 Å². The van der Waals surface area contributed by atoms with Crippen molar-refractivity contribution in [3.8, 4) is 0 Å². The van der Waals surface area contributed by atoms with E-state index in [0.717, 1.165) is 29.8 Å². The molecule has 0 atom stereocenters. The van der Waals surface area contributed by atoms with E-state index in [4.69, 9.17) is 5.14 Å². The summed E-state index contributed by atoms with van der Waals surface area (Å²) in [7, 11) is -3.40. The van der Waals surface area contributed by atoms with Crippen LogP contribution in [0.3, 0.4) is 0 Å². The van der Waals surface area contributed by atoms with Gasteiger partial charge in [0.15, 0.2) is 5.78 Å². The molecule has 5 nitrogen and oxygen atoms in total. The Kier molecular flexibility index (Phi) is 3.59. The molecule has 0 aromatic carbocycles. The number of nitrogens with two attached hydrogens (primary N) is 1. The average Bonchev–Trinajstić information content (AvgIpc) is 2.56. The molecule has 2 N–H and O–H groups in total. The van der Waals surface area contributed by atoms with Crippen LogP contribution in [0.25, 0.3) is 0 Å². The van der Waals surface area contributed by atoms with Gasteiger partial charge in [0.2, 0.25) is 10.0 Å². The molecule has 0 bridgehead atoms. The Morgan fingerprint density at radius 3 is 2.78 bits per heavy atom. The maximum atomic E-state index is 11.8. The molecule has 1 aromatic heterocycles. The SMILES string of the molecule is Cc1cc2c(n1CCCS(N)(=O)=O)CCCC2=O. The van der Waals surface area contributed by atoms with Crippen LogP contribution in [-0.2, 0) is 23.0 Å². The Bertz CT molecular complexity index is 572. The summed E-state index contributed by atoms with van der Waals surface area (Å²) in [6, 6.07) is 1.91. The third-order valence-corrected chi connectivity index (χ3v) is 4.20. The van der Waals surface area contributed by atoms with Crippen molar-refractivity contribution in [2.24, 2.45) is 5.14 Å². The summed E-state index contributed by atoms with van der Waals surface area (Å²) >= 11 is 0. The molecule has 1 aromatic rings. The highest BCUT2D eigenvalue weighted by atomic mass is 32.2. The van der Waals surface area contributed by atoms with E-state index in [1.807, 2.05) is 13.0 Å². The van der Waals surface area contributed by atoms with Crippen LogP contribution in [0.1, 0.15) is 41.0 Å². The normalized spacial score (nSPS) is 15.8. The van der Waals surface area contributed by atoms with Crippen LogP contribution in [-0.4, -0.2) is 24.5 Å². The lowest BCUT2D eigenvalue weighted by Gasteiger charge is -2.15. The highest BCUT2D eigenvalue weighted by Gasteiger charge is 2.22. The monoisotopic (exact) mass is 270 g/mol. The minimum Gasteiger partial charge on any atom is -0.348 e. The topological polar surface area (TPSA) is 82.2 Å². The fourth-order valence-electron chi connectivity index (χ4n) is 2.53. The third kappa shape index (κ3) is 2.81. The van der Waals surface area contributed by atoms with Crippen LogP contribution in [0.15, 0.2) is 6.07 Å². The highest BCUT2D eigenvalue weighted by molar-refractivity contribution is 7.89. The summed E-state index contributed by atoms with van der Waals surface area (Å²) in [4.78, 5) is 11.8.